The van der Waals surface area contributed by atoms with Crippen LogP contribution in [0.15, 0.2) is 65.4 Å². The standard InChI is InChI=1S/C26H23ClN6O3/c1-17-4-7-19(8-5-17)24-26(15-28,16-29)22(20-3-2-12-36-20)23(33(34)35)25-31(10-11-32(24)25)14-18-6-9-21(27)30-13-18/h2-9,12-13,22-25H,10-11,14H2,1H3. The number of hydrogen-bond acceptors (Lipinski definition) is 8. The molecule has 182 valence electrons. The van der Waals surface area contributed by atoms with E-state index in [-0.39, 0.29) is 10.7 Å². The fourth-order valence-corrected chi connectivity index (χ4v) is 5.89. The normalized spacial score (nSPS) is 25.6. The van der Waals surface area contributed by atoms with E-state index in [2.05, 4.69) is 17.1 Å². The lowest BCUT2D eigenvalue weighted by Crippen LogP contribution is -2.64. The summed E-state index contributed by atoms with van der Waals surface area (Å²) in [5.74, 6) is -0.828. The molecule has 0 aliphatic carbocycles. The largest absolute Gasteiger partial charge is 0.469 e. The van der Waals surface area contributed by atoms with E-state index in [0.717, 1.165) is 16.7 Å². The molecular weight excluding hydrogens is 480 g/mol. The summed E-state index contributed by atoms with van der Waals surface area (Å²) in [6.07, 6.45) is 2.41. The Hall–Kier alpha value is -3.76. The summed E-state index contributed by atoms with van der Waals surface area (Å²) >= 11 is 5.95. The Morgan fingerprint density at radius 3 is 2.53 bits per heavy atom. The second kappa shape index (κ2) is 9.36. The van der Waals surface area contributed by atoms with Gasteiger partial charge in [0.25, 0.3) is 6.04 Å². The van der Waals surface area contributed by atoms with Gasteiger partial charge in [-0.25, -0.2) is 4.98 Å². The quantitative estimate of drug-likeness (QED) is 0.287. The van der Waals surface area contributed by atoms with E-state index in [9.17, 15) is 20.6 Å². The monoisotopic (exact) mass is 502 g/mol. The maximum absolute atomic E-state index is 12.7. The smallest absolute Gasteiger partial charge is 0.254 e. The summed E-state index contributed by atoms with van der Waals surface area (Å²) in [7, 11) is 0. The molecule has 4 heterocycles. The van der Waals surface area contributed by atoms with Gasteiger partial charge in [0.15, 0.2) is 5.41 Å². The number of aromatic nitrogens is 1. The average Bonchev–Trinajstić information content (AvgIpc) is 3.55. The van der Waals surface area contributed by atoms with Crippen molar-refractivity contribution in [2.45, 2.75) is 37.6 Å². The second-order valence-electron chi connectivity index (χ2n) is 9.29. The summed E-state index contributed by atoms with van der Waals surface area (Å²) in [5, 5.41) is 34.2. The topological polar surface area (TPSA) is 123 Å². The van der Waals surface area contributed by atoms with Crippen molar-refractivity contribution >= 4 is 11.6 Å². The molecule has 2 aliphatic rings. The summed E-state index contributed by atoms with van der Waals surface area (Å²) in [5.41, 5.74) is 0.915. The summed E-state index contributed by atoms with van der Waals surface area (Å²) < 4.78 is 5.66. The SMILES string of the molecule is Cc1ccc(C2N3CCN(Cc4ccc(Cl)nc4)C3C([N+](=O)[O-])C(c3ccco3)C2(C#N)C#N)cc1. The molecule has 2 aromatic heterocycles. The van der Waals surface area contributed by atoms with Gasteiger partial charge in [-0.1, -0.05) is 47.5 Å². The number of nitriles is 2. The number of fused-ring (bicyclic) bond motifs is 1. The molecule has 36 heavy (non-hydrogen) atoms. The molecule has 10 heteroatoms. The van der Waals surface area contributed by atoms with Gasteiger partial charge in [-0.2, -0.15) is 10.5 Å². The number of rotatable bonds is 5. The van der Waals surface area contributed by atoms with Crippen LogP contribution in [0.1, 0.15) is 34.4 Å². The molecule has 4 atom stereocenters. The first kappa shape index (κ1) is 24.0. The summed E-state index contributed by atoms with van der Waals surface area (Å²) in [6, 6.07) is 16.9. The van der Waals surface area contributed by atoms with Gasteiger partial charge in [0, 0.05) is 30.8 Å². The molecular formula is C26H23ClN6O3. The van der Waals surface area contributed by atoms with E-state index < -0.39 is 29.6 Å². The Bertz CT molecular complexity index is 1320. The van der Waals surface area contributed by atoms with Crippen LogP contribution < -0.4 is 0 Å². The fourth-order valence-electron chi connectivity index (χ4n) is 5.77. The molecule has 0 saturated carbocycles. The first-order valence-electron chi connectivity index (χ1n) is 11.6. The molecule has 0 spiro atoms. The minimum atomic E-state index is -1.75. The van der Waals surface area contributed by atoms with Crippen molar-refractivity contribution in [2.24, 2.45) is 5.41 Å². The molecule has 2 saturated heterocycles. The van der Waals surface area contributed by atoms with Crippen molar-refractivity contribution in [1.82, 2.24) is 14.8 Å². The number of pyridine rings is 1. The first-order chi connectivity index (χ1) is 17.4. The third-order valence-corrected chi connectivity index (χ3v) is 7.51. The highest BCUT2D eigenvalue weighted by Gasteiger charge is 2.68. The number of aryl methyl sites for hydroxylation is 1. The number of nitrogens with zero attached hydrogens (tertiary/aromatic N) is 6. The van der Waals surface area contributed by atoms with E-state index in [1.807, 2.05) is 47.1 Å². The van der Waals surface area contributed by atoms with Gasteiger partial charge < -0.3 is 4.42 Å². The van der Waals surface area contributed by atoms with Crippen LogP contribution >= 0.6 is 11.6 Å². The van der Waals surface area contributed by atoms with E-state index in [1.54, 1.807) is 24.4 Å². The number of halogens is 1. The van der Waals surface area contributed by atoms with Gasteiger partial charge in [0.05, 0.1) is 24.4 Å². The minimum absolute atomic E-state index is 0.261. The van der Waals surface area contributed by atoms with E-state index >= 15 is 0 Å². The second-order valence-corrected chi connectivity index (χ2v) is 9.67. The lowest BCUT2D eigenvalue weighted by Gasteiger charge is -2.50. The Labute approximate surface area is 213 Å². The zero-order valence-corrected chi connectivity index (χ0v) is 20.2. The van der Waals surface area contributed by atoms with Crippen LogP contribution in [0, 0.1) is 45.1 Å². The average molecular weight is 503 g/mol. The highest BCUT2D eigenvalue weighted by molar-refractivity contribution is 6.29. The lowest BCUT2D eigenvalue weighted by atomic mass is 9.62. The zero-order chi connectivity index (χ0) is 25.4. The molecule has 4 unspecified atom stereocenters. The summed E-state index contributed by atoms with van der Waals surface area (Å²) in [6.45, 7) is 3.36. The summed E-state index contributed by atoms with van der Waals surface area (Å²) in [4.78, 5) is 20.5. The van der Waals surface area contributed by atoms with E-state index in [4.69, 9.17) is 16.0 Å². The molecule has 5 rings (SSSR count). The third kappa shape index (κ3) is 3.82. The zero-order valence-electron chi connectivity index (χ0n) is 19.5. The number of hydrogen-bond donors (Lipinski definition) is 0. The van der Waals surface area contributed by atoms with Crippen molar-refractivity contribution in [3.63, 3.8) is 0 Å². The molecule has 0 bridgehead atoms. The van der Waals surface area contributed by atoms with Crippen LogP contribution in [0.25, 0.3) is 0 Å². The van der Waals surface area contributed by atoms with Gasteiger partial charge in [-0.05, 0) is 36.2 Å². The predicted octanol–water partition coefficient (Wildman–Crippen LogP) is 4.30. The van der Waals surface area contributed by atoms with Crippen molar-refractivity contribution in [3.8, 4) is 12.1 Å². The molecule has 0 N–H and O–H groups in total. The van der Waals surface area contributed by atoms with Crippen molar-refractivity contribution in [3.05, 3.63) is 98.7 Å². The number of piperidine rings is 1. The molecule has 2 aliphatic heterocycles. The fraction of sp³-hybridized carbons (Fsp3) is 0.346. The van der Waals surface area contributed by atoms with Gasteiger partial charge in [-0.3, -0.25) is 19.9 Å². The van der Waals surface area contributed by atoms with Crippen LogP contribution in [0.2, 0.25) is 5.15 Å². The maximum atomic E-state index is 12.7. The van der Waals surface area contributed by atoms with Gasteiger partial charge in [-0.15, -0.1) is 0 Å². The first-order valence-corrected chi connectivity index (χ1v) is 11.9. The Kier molecular flexibility index (Phi) is 6.23. The third-order valence-electron chi connectivity index (χ3n) is 7.29. The minimum Gasteiger partial charge on any atom is -0.469 e. The molecule has 9 nitrogen and oxygen atoms in total. The van der Waals surface area contributed by atoms with Crippen LogP contribution in [0.4, 0.5) is 0 Å². The molecule has 0 radical (unpaired) electrons. The predicted molar refractivity (Wildman–Crippen MR) is 130 cm³/mol. The van der Waals surface area contributed by atoms with Gasteiger partial charge >= 0.3 is 0 Å². The molecule has 3 aromatic rings. The Morgan fingerprint density at radius 1 is 1.19 bits per heavy atom. The van der Waals surface area contributed by atoms with Crippen molar-refractivity contribution < 1.29 is 9.34 Å². The molecule has 2 fully saturated rings. The van der Waals surface area contributed by atoms with Crippen LogP contribution in [-0.2, 0) is 6.54 Å². The van der Waals surface area contributed by atoms with Crippen LogP contribution in [0.5, 0.6) is 0 Å². The maximum Gasteiger partial charge on any atom is 0.254 e. The Morgan fingerprint density at radius 2 is 1.94 bits per heavy atom. The highest BCUT2D eigenvalue weighted by atomic mass is 35.5. The van der Waals surface area contributed by atoms with Crippen molar-refractivity contribution in [2.75, 3.05) is 13.1 Å². The lowest BCUT2D eigenvalue weighted by molar-refractivity contribution is -0.547. The van der Waals surface area contributed by atoms with E-state index in [1.165, 1.54) is 6.26 Å². The van der Waals surface area contributed by atoms with E-state index in [0.29, 0.717) is 24.8 Å². The number of benzene rings is 1. The van der Waals surface area contributed by atoms with Crippen LogP contribution in [-0.4, -0.2) is 45.0 Å². The highest BCUT2D eigenvalue weighted by Crippen LogP contribution is 2.57. The van der Waals surface area contributed by atoms with Gasteiger partial charge in [0.2, 0.25) is 0 Å². The molecule has 0 amide bonds. The van der Waals surface area contributed by atoms with Crippen molar-refractivity contribution in [1.29, 1.82) is 10.5 Å². The Balaban J connectivity index is 1.69. The van der Waals surface area contributed by atoms with Gasteiger partial charge in [0.1, 0.15) is 23.0 Å². The molecule has 1 aromatic carbocycles. The number of nitro groups is 1. The number of furan rings is 1. The van der Waals surface area contributed by atoms with Crippen LogP contribution in [0.3, 0.4) is 0 Å².